The van der Waals surface area contributed by atoms with E-state index in [2.05, 4.69) is 120 Å². The van der Waals surface area contributed by atoms with Gasteiger partial charge in [-0.25, -0.2) is 0 Å². The number of rotatable bonds is 3. The van der Waals surface area contributed by atoms with E-state index in [4.69, 9.17) is 0 Å². The summed E-state index contributed by atoms with van der Waals surface area (Å²) < 4.78 is 0. The fourth-order valence-electron chi connectivity index (χ4n) is 14.6. The Morgan fingerprint density at radius 2 is 0.901 bits per heavy atom. The highest BCUT2D eigenvalue weighted by Gasteiger charge is 2.47. The third kappa shape index (κ3) is 10.4. The van der Waals surface area contributed by atoms with Gasteiger partial charge in [0.15, 0.2) is 0 Å². The highest BCUT2D eigenvalue weighted by molar-refractivity contribution is 5.87. The van der Waals surface area contributed by atoms with E-state index in [-0.39, 0.29) is 0 Å². The molecule has 2 fully saturated rings. The molecule has 2 saturated heterocycles. The van der Waals surface area contributed by atoms with Gasteiger partial charge in [0.25, 0.3) is 0 Å². The third-order valence-electron chi connectivity index (χ3n) is 18.8. The Hall–Kier alpha value is -7.04. The van der Waals surface area contributed by atoms with Gasteiger partial charge < -0.3 is 36.2 Å². The average molecular weight is 1070 g/mol. The van der Waals surface area contributed by atoms with Crippen LogP contribution in [0, 0.1) is 5.92 Å². The lowest BCUT2D eigenvalue weighted by atomic mass is 9.73. The lowest BCUT2D eigenvalue weighted by molar-refractivity contribution is 0.00212. The summed E-state index contributed by atoms with van der Waals surface area (Å²) in [6, 6.07) is 73.9. The van der Waals surface area contributed by atoms with Crippen LogP contribution in [0.2, 0.25) is 0 Å². The maximum Gasteiger partial charge on any atom is 0.116 e. The zero-order valence-corrected chi connectivity index (χ0v) is 46.4. The minimum Gasteiger partial charge on any atom is -0.384 e. The molecule has 0 amide bonds. The first-order chi connectivity index (χ1) is 39.5. The molecule has 412 valence electrons. The largest absolute Gasteiger partial charge is 0.384 e. The molecule has 7 heteroatoms. The second-order valence-corrected chi connectivity index (χ2v) is 23.5. The molecule has 7 N–H and O–H groups in total. The minimum absolute atomic E-state index is 0.414. The smallest absolute Gasteiger partial charge is 0.116 e. The number of hydrogen-bond donors (Lipinski definition) is 7. The molecule has 9 aromatic carbocycles. The number of fused-ring (bicyclic) bond motifs is 10. The van der Waals surface area contributed by atoms with Crippen molar-refractivity contribution in [3.63, 3.8) is 0 Å². The molecule has 2 aliphatic heterocycles. The molecule has 0 spiro atoms. The molecule has 9 aromatic rings. The summed E-state index contributed by atoms with van der Waals surface area (Å²) in [5.41, 5.74) is 12.7. The Kier molecular flexibility index (Phi) is 15.5. The second kappa shape index (κ2) is 23.1. The summed E-state index contributed by atoms with van der Waals surface area (Å²) in [5.74, 6) is 0.414. The van der Waals surface area contributed by atoms with Gasteiger partial charge in [0, 0.05) is 25.6 Å². The molecule has 6 unspecified atom stereocenters. The van der Waals surface area contributed by atoms with Crippen LogP contribution in [0.3, 0.4) is 0 Å². The van der Waals surface area contributed by atoms with E-state index in [1.54, 1.807) is 0 Å². The second-order valence-electron chi connectivity index (χ2n) is 23.5. The summed E-state index contributed by atoms with van der Waals surface area (Å²) in [6.07, 6.45) is 11.9. The molecule has 0 saturated carbocycles. The van der Waals surface area contributed by atoms with Crippen LogP contribution in [0.5, 0.6) is 0 Å². The van der Waals surface area contributed by atoms with Crippen molar-refractivity contribution in [2.75, 3.05) is 26.2 Å². The van der Waals surface area contributed by atoms with E-state index in [1.165, 1.54) is 49.7 Å². The normalized spacial score (nSPS) is 25.8. The van der Waals surface area contributed by atoms with E-state index in [0.29, 0.717) is 19.0 Å². The van der Waals surface area contributed by atoms with Crippen molar-refractivity contribution in [1.29, 1.82) is 0 Å². The zero-order valence-electron chi connectivity index (χ0n) is 46.4. The predicted molar refractivity (Wildman–Crippen MR) is 326 cm³/mol. The summed E-state index contributed by atoms with van der Waals surface area (Å²) in [5, 5.41) is 63.1. The standard InChI is InChI=1S/C20H18O.C16H14O.C16H16O.C12H15NO.C10H13NO/c21-20(16-8-2-1-3-9-16)14-6-11-18-17-10-5-4-7-15(17)12-13-19(18)20;17-16-10-4-6-11-5-3-8-13(15(11)16)12-7-1-2-9-14(12)16;17-16(14-9-2-1-3-10-14)12-6-8-13-7-4-5-11-15(13)16;14-12-8-13-7-10(12)6-5-9-3-1-2-4-11(9)12;12-10(6-7-11-8-10)9-4-2-1-3-5-9/h1-5,7-10,12-13,21H,6,11,14H2;1-3,5,7-9,17H,4,6,10H2;1-5,7,9-11,17H,6,8,12H2;1-4,10,13-14H,5-8H2;1-5,11-12H,6-8H2. The van der Waals surface area contributed by atoms with Gasteiger partial charge >= 0.3 is 0 Å². The van der Waals surface area contributed by atoms with Crippen molar-refractivity contribution < 1.29 is 25.5 Å². The van der Waals surface area contributed by atoms with Crippen LogP contribution in [-0.4, -0.2) is 51.7 Å². The monoisotopic (exact) mass is 1070 g/mol. The van der Waals surface area contributed by atoms with E-state index in [0.717, 1.165) is 129 Å². The summed E-state index contributed by atoms with van der Waals surface area (Å²) in [7, 11) is 0. The molecule has 0 bridgehead atoms. The number of hydrogen-bond acceptors (Lipinski definition) is 7. The van der Waals surface area contributed by atoms with Gasteiger partial charge in [-0.2, -0.15) is 0 Å². The Balaban J connectivity index is 0.000000102. The molecule has 0 aromatic heterocycles. The number of aliphatic hydroxyl groups is 5. The minimum atomic E-state index is -0.848. The molecular weight excluding hydrogens is 997 g/mol. The van der Waals surface area contributed by atoms with E-state index in [1.807, 2.05) is 109 Å². The number of aryl methyl sites for hydroxylation is 4. The molecule has 5 aliphatic carbocycles. The van der Waals surface area contributed by atoms with E-state index in [9.17, 15) is 25.5 Å². The number of nitrogens with one attached hydrogen (secondary N) is 2. The van der Waals surface area contributed by atoms with Gasteiger partial charge in [0.2, 0.25) is 0 Å². The van der Waals surface area contributed by atoms with Crippen LogP contribution < -0.4 is 10.6 Å². The predicted octanol–water partition coefficient (Wildman–Crippen LogP) is 12.8. The summed E-state index contributed by atoms with van der Waals surface area (Å²) in [4.78, 5) is 0. The topological polar surface area (TPSA) is 125 Å². The molecule has 6 atom stereocenters. The fraction of sp³-hybridized carbons (Fsp3) is 0.297. The lowest BCUT2D eigenvalue weighted by Crippen LogP contribution is -2.38. The van der Waals surface area contributed by atoms with Crippen LogP contribution in [0.4, 0.5) is 0 Å². The molecule has 0 radical (unpaired) electrons. The molecular formula is C74H76N2O5. The maximum absolute atomic E-state index is 11.4. The lowest BCUT2D eigenvalue weighted by Gasteiger charge is -2.35. The highest BCUT2D eigenvalue weighted by atomic mass is 16.3. The molecule has 2 heterocycles. The van der Waals surface area contributed by atoms with Gasteiger partial charge in [-0.3, -0.25) is 0 Å². The van der Waals surface area contributed by atoms with Crippen LogP contribution in [0.25, 0.3) is 21.9 Å². The van der Waals surface area contributed by atoms with Crippen molar-refractivity contribution in [2.24, 2.45) is 5.92 Å². The Morgan fingerprint density at radius 3 is 1.59 bits per heavy atom. The van der Waals surface area contributed by atoms with Gasteiger partial charge in [-0.05, 0) is 172 Å². The number of benzene rings is 9. The van der Waals surface area contributed by atoms with Gasteiger partial charge in [-0.15, -0.1) is 0 Å². The first-order valence-corrected chi connectivity index (χ1v) is 29.6. The highest BCUT2D eigenvalue weighted by Crippen LogP contribution is 2.53. The SMILES string of the molecule is OC1(c2ccccc2)CCCc2c1ccc1ccccc21.OC1(c2ccccc2)CCCc2ccccc21.OC1(c2ccccc2)CCNC1.OC12CCCc3cccc(c31)-c1ccccc12.OC12CNCC1CCc1ccccc12. The van der Waals surface area contributed by atoms with E-state index >= 15 is 0 Å². The molecule has 81 heavy (non-hydrogen) atoms. The van der Waals surface area contributed by atoms with Crippen molar-refractivity contribution in [1.82, 2.24) is 10.6 Å². The Labute approximate surface area is 478 Å². The maximum atomic E-state index is 11.4. The third-order valence-corrected chi connectivity index (χ3v) is 18.8. The zero-order chi connectivity index (χ0) is 55.5. The Morgan fingerprint density at radius 1 is 0.370 bits per heavy atom. The van der Waals surface area contributed by atoms with Crippen LogP contribution in [-0.2, 0) is 53.7 Å². The first-order valence-electron chi connectivity index (χ1n) is 29.6. The summed E-state index contributed by atoms with van der Waals surface area (Å²) >= 11 is 0. The Bertz CT molecular complexity index is 3620. The molecule has 16 rings (SSSR count). The van der Waals surface area contributed by atoms with Crippen molar-refractivity contribution in [3.05, 3.63) is 285 Å². The summed E-state index contributed by atoms with van der Waals surface area (Å²) in [6.45, 7) is 3.27. The van der Waals surface area contributed by atoms with Gasteiger partial charge in [-0.1, -0.05) is 218 Å². The molecule has 7 aliphatic rings. The van der Waals surface area contributed by atoms with Crippen molar-refractivity contribution >= 4 is 10.8 Å². The number of β-amino-alcohol motifs (C(OH)–C–C–N with tert-alkyl or cyclic N) is 2. The van der Waals surface area contributed by atoms with Crippen LogP contribution in [0.15, 0.2) is 218 Å². The first kappa shape index (κ1) is 54.5. The average Bonchev–Trinajstić information content (AvgIpc) is 4.40. The van der Waals surface area contributed by atoms with E-state index < -0.39 is 28.0 Å². The van der Waals surface area contributed by atoms with Crippen LogP contribution >= 0.6 is 0 Å². The van der Waals surface area contributed by atoms with Gasteiger partial charge in [0.05, 0.1) is 0 Å². The quantitative estimate of drug-likeness (QED) is 0.0940. The van der Waals surface area contributed by atoms with Crippen molar-refractivity contribution in [3.8, 4) is 11.1 Å². The van der Waals surface area contributed by atoms with Crippen molar-refractivity contribution in [2.45, 2.75) is 105 Å². The molecule has 7 nitrogen and oxygen atoms in total. The van der Waals surface area contributed by atoms with Gasteiger partial charge in [0.1, 0.15) is 28.0 Å². The fourth-order valence-corrected chi connectivity index (χ4v) is 14.6. The van der Waals surface area contributed by atoms with Crippen LogP contribution in [0.1, 0.15) is 118 Å².